The van der Waals surface area contributed by atoms with E-state index in [9.17, 15) is 0 Å². The van der Waals surface area contributed by atoms with Crippen molar-refractivity contribution in [2.45, 2.75) is 0 Å². The predicted molar refractivity (Wildman–Crippen MR) is 263 cm³/mol. The minimum Gasteiger partial charge on any atom is -0.456 e. The van der Waals surface area contributed by atoms with Crippen LogP contribution < -0.4 is 4.90 Å². The summed E-state index contributed by atoms with van der Waals surface area (Å²) in [7, 11) is 0. The molecule has 0 saturated carbocycles. The second-order valence-corrected chi connectivity index (χ2v) is 16.0. The van der Waals surface area contributed by atoms with Crippen LogP contribution in [-0.2, 0) is 0 Å². The molecule has 0 fully saturated rings. The second kappa shape index (κ2) is 14.8. The molecule has 0 radical (unpaired) electrons. The van der Waals surface area contributed by atoms with Gasteiger partial charge in [0.15, 0.2) is 0 Å². The van der Waals surface area contributed by atoms with Crippen LogP contribution in [0.2, 0.25) is 0 Å². The Labute approximate surface area is 360 Å². The summed E-state index contributed by atoms with van der Waals surface area (Å²) in [5.74, 6) is 0. The highest BCUT2D eigenvalue weighted by Crippen LogP contribution is 2.47. The van der Waals surface area contributed by atoms with E-state index < -0.39 is 0 Å². The van der Waals surface area contributed by atoms with Crippen molar-refractivity contribution in [3.63, 3.8) is 0 Å². The van der Waals surface area contributed by atoms with Gasteiger partial charge >= 0.3 is 0 Å². The zero-order chi connectivity index (χ0) is 41.0. The van der Waals surface area contributed by atoms with E-state index in [1.165, 1.54) is 49.0 Å². The van der Waals surface area contributed by atoms with Crippen LogP contribution in [0.15, 0.2) is 241 Å². The maximum Gasteiger partial charge on any atom is 0.136 e. The molecule has 0 saturated heterocycles. The normalized spacial score (nSPS) is 11.5. The van der Waals surface area contributed by atoms with Crippen molar-refractivity contribution >= 4 is 71.3 Å². The number of benzene rings is 11. The Kier molecular flexibility index (Phi) is 8.53. The minimum atomic E-state index is 0.914. The Bertz CT molecular complexity index is 3620. The Morgan fingerprint density at radius 3 is 1.65 bits per heavy atom. The largest absolute Gasteiger partial charge is 0.456 e. The molecule has 12 rings (SSSR count). The zero-order valence-corrected chi connectivity index (χ0v) is 33.9. The molecule has 2 heteroatoms. The summed E-state index contributed by atoms with van der Waals surface area (Å²) in [5, 5.41) is 9.73. The van der Waals surface area contributed by atoms with Gasteiger partial charge in [-0.05, 0) is 120 Å². The van der Waals surface area contributed by atoms with E-state index in [1.807, 2.05) is 12.1 Å². The Balaban J connectivity index is 1.04. The monoisotopic (exact) mass is 789 g/mol. The molecule has 1 heterocycles. The first-order valence-corrected chi connectivity index (χ1v) is 21.2. The van der Waals surface area contributed by atoms with Crippen molar-refractivity contribution in [3.05, 3.63) is 237 Å². The molecule has 0 aliphatic rings. The quantitative estimate of drug-likeness (QED) is 0.150. The average molecular weight is 790 g/mol. The van der Waals surface area contributed by atoms with E-state index in [2.05, 4.69) is 229 Å². The number of para-hydroxylation sites is 2. The van der Waals surface area contributed by atoms with Crippen molar-refractivity contribution in [2.24, 2.45) is 0 Å². The highest BCUT2D eigenvalue weighted by atomic mass is 16.3. The number of fused-ring (bicyclic) bond motifs is 8. The van der Waals surface area contributed by atoms with Crippen LogP contribution in [0.3, 0.4) is 0 Å². The van der Waals surface area contributed by atoms with Gasteiger partial charge in [-0.1, -0.05) is 182 Å². The van der Waals surface area contributed by atoms with E-state index in [0.29, 0.717) is 0 Å². The molecule has 0 bridgehead atoms. The van der Waals surface area contributed by atoms with Crippen LogP contribution in [0, 0.1) is 0 Å². The zero-order valence-electron chi connectivity index (χ0n) is 33.9. The molecular weight excluding hydrogens is 751 g/mol. The van der Waals surface area contributed by atoms with E-state index in [0.717, 1.165) is 66.8 Å². The summed E-state index contributed by atoms with van der Waals surface area (Å²) >= 11 is 0. The van der Waals surface area contributed by atoms with Gasteiger partial charge in [-0.2, -0.15) is 0 Å². The molecule has 1 aromatic heterocycles. The lowest BCUT2D eigenvalue weighted by Gasteiger charge is -2.30. The van der Waals surface area contributed by atoms with Gasteiger partial charge in [0.25, 0.3) is 0 Å². The standard InChI is InChI=1S/C60H39NO/c1-3-15-40(16-4-1)49-21-11-13-25-56(49)61(47-32-27-42(28-33-47)54-39-45-19-7-8-20-48(45)51-22-9-10-23-52(51)54)57-35-30-44(38-55(57)41-17-5-2-6-18-41)43-29-34-50-46(37-43)31-36-59-60(50)53-24-12-14-26-58(53)62-59/h1-39H. The molecule has 0 spiro atoms. The molecule has 12 aromatic rings. The molecule has 0 aliphatic carbocycles. The summed E-state index contributed by atoms with van der Waals surface area (Å²) in [4.78, 5) is 2.44. The molecule has 290 valence electrons. The molecule has 62 heavy (non-hydrogen) atoms. The van der Waals surface area contributed by atoms with Crippen molar-refractivity contribution < 1.29 is 4.42 Å². The molecule has 2 nitrogen and oxygen atoms in total. The minimum absolute atomic E-state index is 0.914. The van der Waals surface area contributed by atoms with Gasteiger partial charge in [0.2, 0.25) is 0 Å². The van der Waals surface area contributed by atoms with Gasteiger partial charge in [0.1, 0.15) is 11.2 Å². The van der Waals surface area contributed by atoms with Crippen molar-refractivity contribution in [1.29, 1.82) is 0 Å². The fraction of sp³-hybridized carbons (Fsp3) is 0. The maximum absolute atomic E-state index is 6.24. The van der Waals surface area contributed by atoms with Crippen LogP contribution in [0.4, 0.5) is 17.1 Å². The van der Waals surface area contributed by atoms with E-state index >= 15 is 0 Å². The summed E-state index contributed by atoms with van der Waals surface area (Å²) in [6.45, 7) is 0. The fourth-order valence-electron chi connectivity index (χ4n) is 9.51. The lowest BCUT2D eigenvalue weighted by molar-refractivity contribution is 0.669. The number of furan rings is 1. The number of rotatable bonds is 7. The molecular formula is C60H39NO. The molecule has 0 aliphatic heterocycles. The topological polar surface area (TPSA) is 16.4 Å². The molecule has 11 aromatic carbocycles. The van der Waals surface area contributed by atoms with Crippen LogP contribution in [0.1, 0.15) is 0 Å². The molecule has 0 atom stereocenters. The first-order chi connectivity index (χ1) is 30.7. The summed E-state index contributed by atoms with van der Waals surface area (Å²) in [6, 6.07) is 85.6. The van der Waals surface area contributed by atoms with Gasteiger partial charge < -0.3 is 9.32 Å². The number of nitrogens with zero attached hydrogens (tertiary/aromatic N) is 1. The number of anilines is 3. The smallest absolute Gasteiger partial charge is 0.136 e. The molecule has 0 unspecified atom stereocenters. The third-order valence-corrected chi connectivity index (χ3v) is 12.4. The highest BCUT2D eigenvalue weighted by Gasteiger charge is 2.22. The third kappa shape index (κ3) is 6.04. The van der Waals surface area contributed by atoms with Gasteiger partial charge in [0.05, 0.1) is 11.4 Å². The molecule has 0 amide bonds. The average Bonchev–Trinajstić information content (AvgIpc) is 3.74. The summed E-state index contributed by atoms with van der Waals surface area (Å²) < 4.78 is 6.24. The first kappa shape index (κ1) is 35.7. The Hall–Kier alpha value is -8.20. The van der Waals surface area contributed by atoms with E-state index in [-0.39, 0.29) is 0 Å². The van der Waals surface area contributed by atoms with Gasteiger partial charge in [-0.3, -0.25) is 0 Å². The SMILES string of the molecule is c1ccc(-c2ccccc2N(c2ccc(-c3cc4ccccc4c4ccccc34)cc2)c2ccc(-c3ccc4c(ccc5oc6ccccc6c54)c3)cc2-c2ccccc2)cc1. The maximum atomic E-state index is 6.24. The highest BCUT2D eigenvalue weighted by molar-refractivity contribution is 6.19. The molecule has 0 N–H and O–H groups in total. The van der Waals surface area contributed by atoms with Crippen LogP contribution in [0.5, 0.6) is 0 Å². The van der Waals surface area contributed by atoms with E-state index in [4.69, 9.17) is 4.42 Å². The van der Waals surface area contributed by atoms with Crippen LogP contribution in [0.25, 0.3) is 98.8 Å². The van der Waals surface area contributed by atoms with Crippen LogP contribution >= 0.6 is 0 Å². The van der Waals surface area contributed by atoms with Gasteiger partial charge in [-0.25, -0.2) is 0 Å². The van der Waals surface area contributed by atoms with Gasteiger partial charge in [-0.15, -0.1) is 0 Å². The first-order valence-electron chi connectivity index (χ1n) is 21.2. The van der Waals surface area contributed by atoms with E-state index in [1.54, 1.807) is 0 Å². The third-order valence-electron chi connectivity index (χ3n) is 12.4. The number of hydrogen-bond donors (Lipinski definition) is 0. The second-order valence-electron chi connectivity index (χ2n) is 16.0. The predicted octanol–water partition coefficient (Wildman–Crippen LogP) is 17.2. The fourth-order valence-corrected chi connectivity index (χ4v) is 9.51. The Morgan fingerprint density at radius 1 is 0.274 bits per heavy atom. The van der Waals surface area contributed by atoms with Crippen LogP contribution in [-0.4, -0.2) is 0 Å². The summed E-state index contributed by atoms with van der Waals surface area (Å²) in [5.41, 5.74) is 14.5. The summed E-state index contributed by atoms with van der Waals surface area (Å²) in [6.07, 6.45) is 0. The lowest BCUT2D eigenvalue weighted by Crippen LogP contribution is -2.12. The Morgan fingerprint density at radius 2 is 0.839 bits per heavy atom. The lowest BCUT2D eigenvalue weighted by atomic mass is 9.92. The van der Waals surface area contributed by atoms with Crippen molar-refractivity contribution in [1.82, 2.24) is 0 Å². The van der Waals surface area contributed by atoms with Gasteiger partial charge in [0, 0.05) is 27.6 Å². The number of hydrogen-bond acceptors (Lipinski definition) is 2. The van der Waals surface area contributed by atoms with Crippen molar-refractivity contribution in [3.8, 4) is 44.5 Å². The van der Waals surface area contributed by atoms with Crippen molar-refractivity contribution in [2.75, 3.05) is 4.90 Å².